The Bertz CT molecular complexity index is 701. The molecule has 0 bridgehead atoms. The van der Waals surface area contributed by atoms with Crippen LogP contribution in [0, 0.1) is 6.92 Å². The van der Waals surface area contributed by atoms with Crippen LogP contribution in [0.25, 0.3) is 10.8 Å². The molecule has 0 amide bonds. The molecule has 7 nitrogen and oxygen atoms in total. The van der Waals surface area contributed by atoms with Crippen molar-refractivity contribution < 1.29 is 35.1 Å². The maximum atomic E-state index is 11.2. The lowest BCUT2D eigenvalue weighted by Gasteiger charge is -2.13. The van der Waals surface area contributed by atoms with Crippen molar-refractivity contribution >= 4 is 22.7 Å². The molecule has 104 valence electrons. The zero-order valence-corrected chi connectivity index (χ0v) is 10.2. The van der Waals surface area contributed by atoms with Gasteiger partial charge in [-0.2, -0.15) is 0 Å². The van der Waals surface area contributed by atoms with Crippen LogP contribution in [-0.2, 0) is 0 Å². The molecule has 0 heterocycles. The quantitative estimate of drug-likeness (QED) is 0.563. The Balaban J connectivity index is 3.21. The van der Waals surface area contributed by atoms with E-state index in [0.717, 1.165) is 12.1 Å². The first-order valence-electron chi connectivity index (χ1n) is 5.43. The van der Waals surface area contributed by atoms with E-state index in [1.807, 2.05) is 0 Å². The van der Waals surface area contributed by atoms with Gasteiger partial charge in [-0.3, -0.25) is 0 Å². The van der Waals surface area contributed by atoms with Gasteiger partial charge < -0.3 is 25.5 Å². The lowest BCUT2D eigenvalue weighted by molar-refractivity contribution is 0.0692. The first kappa shape index (κ1) is 13.5. The van der Waals surface area contributed by atoms with Crippen molar-refractivity contribution in [2.45, 2.75) is 6.92 Å². The van der Waals surface area contributed by atoms with Crippen LogP contribution >= 0.6 is 0 Å². The van der Waals surface area contributed by atoms with Crippen LogP contribution in [0.2, 0.25) is 0 Å². The highest BCUT2D eigenvalue weighted by molar-refractivity contribution is 6.17. The second kappa shape index (κ2) is 4.30. The van der Waals surface area contributed by atoms with Gasteiger partial charge >= 0.3 is 11.9 Å². The van der Waals surface area contributed by atoms with Crippen LogP contribution in [0.4, 0.5) is 0 Å². The minimum Gasteiger partial charge on any atom is -0.507 e. The van der Waals surface area contributed by atoms with Crippen molar-refractivity contribution in [1.82, 2.24) is 0 Å². The molecule has 0 aliphatic rings. The van der Waals surface area contributed by atoms with Crippen LogP contribution in [0.3, 0.4) is 0 Å². The molecule has 2 aromatic carbocycles. The number of phenols is 3. The standard InChI is InChI=1S/C13H10O7/c1-4-2-5(14)9(12(17)18)11-8(4)6(15)3-7(16)10(11)13(19)20/h2-3,14-16H,1H3,(H,17,18)(H,19,20). The van der Waals surface area contributed by atoms with E-state index >= 15 is 0 Å². The number of phenolic OH excluding ortho intramolecular Hbond substituents is 1. The third kappa shape index (κ3) is 1.76. The van der Waals surface area contributed by atoms with Crippen molar-refractivity contribution in [3.63, 3.8) is 0 Å². The van der Waals surface area contributed by atoms with E-state index in [9.17, 15) is 24.9 Å². The molecule has 0 atom stereocenters. The average molecular weight is 278 g/mol. The number of hydrogen-bond acceptors (Lipinski definition) is 5. The molecule has 2 aromatic rings. The zero-order chi connectivity index (χ0) is 15.2. The van der Waals surface area contributed by atoms with E-state index < -0.39 is 45.7 Å². The minimum atomic E-state index is -1.57. The zero-order valence-electron chi connectivity index (χ0n) is 10.2. The van der Waals surface area contributed by atoms with E-state index in [0.29, 0.717) is 0 Å². The summed E-state index contributed by atoms with van der Waals surface area (Å²) in [6.45, 7) is 1.47. The van der Waals surface area contributed by atoms with Gasteiger partial charge in [0.25, 0.3) is 0 Å². The van der Waals surface area contributed by atoms with Gasteiger partial charge in [0.1, 0.15) is 28.4 Å². The predicted molar refractivity (Wildman–Crippen MR) is 67.6 cm³/mol. The maximum Gasteiger partial charge on any atom is 0.340 e. The first-order valence-corrected chi connectivity index (χ1v) is 5.43. The molecule has 0 radical (unpaired) electrons. The summed E-state index contributed by atoms with van der Waals surface area (Å²) in [6, 6.07) is 1.93. The Morgan fingerprint density at radius 3 is 1.70 bits per heavy atom. The molecule has 0 spiro atoms. The third-order valence-electron chi connectivity index (χ3n) is 2.97. The summed E-state index contributed by atoms with van der Waals surface area (Å²) in [6.07, 6.45) is 0. The van der Waals surface area contributed by atoms with Crippen molar-refractivity contribution in [3.8, 4) is 17.2 Å². The van der Waals surface area contributed by atoms with Crippen molar-refractivity contribution in [3.05, 3.63) is 28.8 Å². The summed E-state index contributed by atoms with van der Waals surface area (Å²) in [5, 5.41) is 46.9. The lowest BCUT2D eigenvalue weighted by atomic mass is 9.93. The largest absolute Gasteiger partial charge is 0.507 e. The number of aryl methyl sites for hydroxylation is 1. The van der Waals surface area contributed by atoms with Gasteiger partial charge in [-0.15, -0.1) is 0 Å². The summed E-state index contributed by atoms with van der Waals surface area (Å²) >= 11 is 0. The summed E-state index contributed by atoms with van der Waals surface area (Å²) in [5.74, 6) is -5.03. The average Bonchev–Trinajstić information content (AvgIpc) is 2.25. The van der Waals surface area contributed by atoms with Crippen LogP contribution in [-0.4, -0.2) is 37.5 Å². The summed E-state index contributed by atoms with van der Waals surface area (Å²) < 4.78 is 0. The van der Waals surface area contributed by atoms with Crippen LogP contribution in [0.15, 0.2) is 12.1 Å². The van der Waals surface area contributed by atoms with Gasteiger partial charge in [0.2, 0.25) is 0 Å². The molecule has 0 aliphatic heterocycles. The molecule has 0 fully saturated rings. The molecule has 0 aliphatic carbocycles. The van der Waals surface area contributed by atoms with Gasteiger partial charge in [-0.1, -0.05) is 0 Å². The number of rotatable bonds is 2. The van der Waals surface area contributed by atoms with Crippen LogP contribution in [0.1, 0.15) is 26.3 Å². The Morgan fingerprint density at radius 2 is 1.25 bits per heavy atom. The molecular formula is C13H10O7. The Hall–Kier alpha value is -2.96. The highest BCUT2D eigenvalue weighted by atomic mass is 16.4. The fraction of sp³-hybridized carbons (Fsp3) is 0.0769. The topological polar surface area (TPSA) is 135 Å². The van der Waals surface area contributed by atoms with Crippen LogP contribution < -0.4 is 0 Å². The normalized spacial score (nSPS) is 10.7. The summed E-state index contributed by atoms with van der Waals surface area (Å²) in [4.78, 5) is 22.5. The Kier molecular flexibility index (Phi) is 2.90. The molecule has 0 saturated carbocycles. The molecule has 20 heavy (non-hydrogen) atoms. The molecule has 0 saturated heterocycles. The van der Waals surface area contributed by atoms with E-state index in [1.165, 1.54) is 6.92 Å². The monoisotopic (exact) mass is 278 g/mol. The number of aromatic carboxylic acids is 2. The molecule has 0 aromatic heterocycles. The SMILES string of the molecule is Cc1cc(O)c(C(=O)O)c2c(C(=O)O)c(O)cc(O)c12. The van der Waals surface area contributed by atoms with E-state index in [4.69, 9.17) is 10.2 Å². The summed E-state index contributed by atoms with van der Waals surface area (Å²) in [5.41, 5.74) is -1.09. The molecule has 0 unspecified atom stereocenters. The van der Waals surface area contributed by atoms with Crippen molar-refractivity contribution in [2.24, 2.45) is 0 Å². The van der Waals surface area contributed by atoms with Crippen molar-refractivity contribution in [1.29, 1.82) is 0 Å². The van der Waals surface area contributed by atoms with E-state index in [-0.39, 0.29) is 10.9 Å². The van der Waals surface area contributed by atoms with Gasteiger partial charge in [0, 0.05) is 16.8 Å². The number of fused-ring (bicyclic) bond motifs is 1. The smallest absolute Gasteiger partial charge is 0.340 e. The van der Waals surface area contributed by atoms with Crippen molar-refractivity contribution in [2.75, 3.05) is 0 Å². The van der Waals surface area contributed by atoms with Gasteiger partial charge in [0.15, 0.2) is 0 Å². The highest BCUT2D eigenvalue weighted by Crippen LogP contribution is 2.41. The lowest BCUT2D eigenvalue weighted by Crippen LogP contribution is -2.06. The second-order valence-corrected chi connectivity index (χ2v) is 4.24. The number of carboxylic acid groups (broad SMARTS) is 2. The van der Waals surface area contributed by atoms with Crippen LogP contribution in [0.5, 0.6) is 17.2 Å². The third-order valence-corrected chi connectivity index (χ3v) is 2.97. The van der Waals surface area contributed by atoms with E-state index in [1.54, 1.807) is 0 Å². The molecule has 2 rings (SSSR count). The Labute approximate surface area is 112 Å². The fourth-order valence-corrected chi connectivity index (χ4v) is 2.21. The number of carboxylic acids is 2. The van der Waals surface area contributed by atoms with E-state index in [2.05, 4.69) is 0 Å². The molecular weight excluding hydrogens is 268 g/mol. The number of hydrogen-bond donors (Lipinski definition) is 5. The minimum absolute atomic E-state index is 0.0459. The second-order valence-electron chi connectivity index (χ2n) is 4.24. The predicted octanol–water partition coefficient (Wildman–Crippen LogP) is 1.66. The maximum absolute atomic E-state index is 11.2. The van der Waals surface area contributed by atoms with Gasteiger partial charge in [0.05, 0.1) is 0 Å². The van der Waals surface area contributed by atoms with Gasteiger partial charge in [-0.05, 0) is 18.6 Å². The first-order chi connectivity index (χ1) is 9.25. The number of carbonyl (C=O) groups is 2. The number of aromatic hydroxyl groups is 3. The fourth-order valence-electron chi connectivity index (χ4n) is 2.21. The summed E-state index contributed by atoms with van der Waals surface area (Å²) in [7, 11) is 0. The number of benzene rings is 2. The van der Waals surface area contributed by atoms with Gasteiger partial charge in [-0.25, -0.2) is 9.59 Å². The molecule has 7 heteroatoms. The Morgan fingerprint density at radius 1 is 0.800 bits per heavy atom. The molecule has 5 N–H and O–H groups in total. The highest BCUT2D eigenvalue weighted by Gasteiger charge is 2.26.